The fraction of sp³-hybridized carbons (Fsp3) is 0.333. The molecule has 1 aliphatic rings. The highest BCUT2D eigenvalue weighted by molar-refractivity contribution is 5.71. The Morgan fingerprint density at radius 3 is 2.76 bits per heavy atom. The van der Waals surface area contributed by atoms with E-state index in [1.807, 2.05) is 26.0 Å². The summed E-state index contributed by atoms with van der Waals surface area (Å²) in [5.41, 5.74) is 10.6. The van der Waals surface area contributed by atoms with Crippen LogP contribution in [0.4, 0.5) is 17.1 Å². The number of aryl methyl sites for hydroxylation is 1. The summed E-state index contributed by atoms with van der Waals surface area (Å²) in [5, 5.41) is 0. The minimum absolute atomic E-state index is 0.147. The van der Waals surface area contributed by atoms with E-state index in [0.717, 1.165) is 36.5 Å². The van der Waals surface area contributed by atoms with Crippen LogP contribution in [0.2, 0.25) is 0 Å². The Hall–Kier alpha value is -2.16. The van der Waals surface area contributed by atoms with Gasteiger partial charge in [-0.05, 0) is 44.4 Å². The number of hydrogen-bond donors (Lipinski definition) is 1. The van der Waals surface area contributed by atoms with Gasteiger partial charge in [0.05, 0.1) is 6.10 Å². The van der Waals surface area contributed by atoms with Gasteiger partial charge in [-0.3, -0.25) is 0 Å². The van der Waals surface area contributed by atoms with Gasteiger partial charge < -0.3 is 15.4 Å². The number of fused-ring (bicyclic) bond motifs is 1. The van der Waals surface area contributed by atoms with Crippen molar-refractivity contribution in [3.8, 4) is 5.75 Å². The van der Waals surface area contributed by atoms with Crippen molar-refractivity contribution < 1.29 is 4.74 Å². The number of nitrogen functional groups attached to an aromatic ring is 1. The van der Waals surface area contributed by atoms with Gasteiger partial charge in [-0.1, -0.05) is 18.2 Å². The number of para-hydroxylation sites is 1. The lowest BCUT2D eigenvalue weighted by Gasteiger charge is -2.31. The van der Waals surface area contributed by atoms with Crippen LogP contribution in [0.25, 0.3) is 0 Å². The van der Waals surface area contributed by atoms with Gasteiger partial charge in [0.25, 0.3) is 0 Å². The zero-order valence-corrected chi connectivity index (χ0v) is 12.7. The fourth-order valence-electron chi connectivity index (χ4n) is 2.90. The van der Waals surface area contributed by atoms with Crippen LogP contribution >= 0.6 is 0 Å². The summed E-state index contributed by atoms with van der Waals surface area (Å²) in [5.74, 6) is 0.836. The fourth-order valence-corrected chi connectivity index (χ4v) is 2.90. The van der Waals surface area contributed by atoms with Gasteiger partial charge in [-0.15, -0.1) is 0 Å². The van der Waals surface area contributed by atoms with E-state index in [-0.39, 0.29) is 6.10 Å². The molecule has 21 heavy (non-hydrogen) atoms. The van der Waals surface area contributed by atoms with Crippen molar-refractivity contribution in [3.63, 3.8) is 0 Å². The van der Waals surface area contributed by atoms with Gasteiger partial charge >= 0.3 is 0 Å². The molecule has 110 valence electrons. The Balaban J connectivity index is 1.99. The van der Waals surface area contributed by atoms with Gasteiger partial charge in [0, 0.05) is 35.7 Å². The van der Waals surface area contributed by atoms with E-state index in [0.29, 0.717) is 0 Å². The standard InChI is InChI=1S/C18H22N2O/c1-13(2)21-17-11-15(19)10-16(12-17)20-9-5-7-14-6-3-4-8-18(14)20/h3-4,6,8,10-13H,5,7,9,19H2,1-2H3. The molecule has 0 bridgehead atoms. The van der Waals surface area contributed by atoms with Crippen molar-refractivity contribution >= 4 is 17.1 Å². The molecule has 0 aromatic heterocycles. The quantitative estimate of drug-likeness (QED) is 0.860. The molecule has 0 amide bonds. The molecule has 0 saturated carbocycles. The molecular weight excluding hydrogens is 260 g/mol. The van der Waals surface area contributed by atoms with Crippen LogP contribution in [0.5, 0.6) is 5.75 Å². The Kier molecular flexibility index (Phi) is 3.74. The van der Waals surface area contributed by atoms with Crippen molar-refractivity contribution in [2.45, 2.75) is 32.8 Å². The predicted octanol–water partition coefficient (Wildman–Crippen LogP) is 4.14. The summed E-state index contributed by atoms with van der Waals surface area (Å²) in [6, 6.07) is 14.6. The van der Waals surface area contributed by atoms with Gasteiger partial charge in [0.2, 0.25) is 0 Å². The van der Waals surface area contributed by atoms with Crippen LogP contribution in [0, 0.1) is 0 Å². The van der Waals surface area contributed by atoms with E-state index >= 15 is 0 Å². The number of ether oxygens (including phenoxy) is 1. The second-order valence-corrected chi connectivity index (χ2v) is 5.81. The van der Waals surface area contributed by atoms with Crippen molar-refractivity contribution in [1.82, 2.24) is 0 Å². The normalized spacial score (nSPS) is 14.1. The molecule has 2 aromatic rings. The van der Waals surface area contributed by atoms with Gasteiger partial charge in [-0.25, -0.2) is 0 Å². The predicted molar refractivity (Wildman–Crippen MR) is 88.4 cm³/mol. The number of hydrogen-bond acceptors (Lipinski definition) is 3. The molecule has 1 heterocycles. The highest BCUT2D eigenvalue weighted by atomic mass is 16.5. The maximum Gasteiger partial charge on any atom is 0.123 e. The second-order valence-electron chi connectivity index (χ2n) is 5.81. The van der Waals surface area contributed by atoms with Gasteiger partial charge in [0.15, 0.2) is 0 Å². The molecule has 0 aliphatic carbocycles. The average molecular weight is 282 g/mol. The van der Waals surface area contributed by atoms with Gasteiger partial charge in [0.1, 0.15) is 5.75 Å². The maximum atomic E-state index is 6.06. The zero-order chi connectivity index (χ0) is 14.8. The van der Waals surface area contributed by atoms with E-state index in [9.17, 15) is 0 Å². The Morgan fingerprint density at radius 1 is 1.14 bits per heavy atom. The van der Waals surface area contributed by atoms with Crippen molar-refractivity contribution in [1.29, 1.82) is 0 Å². The first-order chi connectivity index (χ1) is 10.1. The molecule has 0 spiro atoms. The summed E-state index contributed by atoms with van der Waals surface area (Å²) in [6.07, 6.45) is 2.45. The molecule has 1 aliphatic heterocycles. The van der Waals surface area contributed by atoms with Gasteiger partial charge in [-0.2, -0.15) is 0 Å². The molecule has 0 saturated heterocycles. The topological polar surface area (TPSA) is 38.5 Å². The first kappa shape index (κ1) is 13.8. The molecule has 2 N–H and O–H groups in total. The highest BCUT2D eigenvalue weighted by Crippen LogP contribution is 2.36. The van der Waals surface area contributed by atoms with Crippen LogP contribution in [0.3, 0.4) is 0 Å². The molecule has 3 nitrogen and oxygen atoms in total. The number of anilines is 3. The number of nitrogens with two attached hydrogens (primary N) is 1. The van der Waals surface area contributed by atoms with Crippen LogP contribution in [-0.4, -0.2) is 12.6 Å². The van der Waals surface area contributed by atoms with E-state index in [1.165, 1.54) is 11.3 Å². The summed E-state index contributed by atoms with van der Waals surface area (Å²) in [7, 11) is 0. The molecule has 3 rings (SSSR count). The average Bonchev–Trinajstić information content (AvgIpc) is 2.45. The van der Waals surface area contributed by atoms with Crippen LogP contribution in [0.1, 0.15) is 25.8 Å². The zero-order valence-electron chi connectivity index (χ0n) is 12.7. The molecular formula is C18H22N2O. The molecule has 0 atom stereocenters. The third kappa shape index (κ3) is 2.97. The largest absolute Gasteiger partial charge is 0.491 e. The van der Waals surface area contributed by atoms with Crippen LogP contribution in [-0.2, 0) is 6.42 Å². The monoisotopic (exact) mass is 282 g/mol. The van der Waals surface area contributed by atoms with E-state index in [1.54, 1.807) is 0 Å². The van der Waals surface area contributed by atoms with Crippen molar-refractivity contribution in [3.05, 3.63) is 48.0 Å². The Morgan fingerprint density at radius 2 is 1.95 bits per heavy atom. The van der Waals surface area contributed by atoms with E-state index < -0.39 is 0 Å². The first-order valence-electron chi connectivity index (χ1n) is 7.56. The van der Waals surface area contributed by atoms with E-state index in [4.69, 9.17) is 10.5 Å². The van der Waals surface area contributed by atoms with Crippen molar-refractivity contribution in [2.24, 2.45) is 0 Å². The maximum absolute atomic E-state index is 6.06. The summed E-state index contributed by atoms with van der Waals surface area (Å²) < 4.78 is 5.81. The molecule has 0 radical (unpaired) electrons. The number of benzene rings is 2. The number of rotatable bonds is 3. The summed E-state index contributed by atoms with van der Waals surface area (Å²) in [4.78, 5) is 2.34. The third-order valence-electron chi connectivity index (χ3n) is 3.71. The lowest BCUT2D eigenvalue weighted by molar-refractivity contribution is 0.242. The molecule has 0 fully saturated rings. The van der Waals surface area contributed by atoms with Crippen molar-refractivity contribution in [2.75, 3.05) is 17.2 Å². The van der Waals surface area contributed by atoms with E-state index in [2.05, 4.69) is 35.2 Å². The molecule has 2 aromatic carbocycles. The molecule has 3 heteroatoms. The molecule has 0 unspecified atom stereocenters. The summed E-state index contributed by atoms with van der Waals surface area (Å²) >= 11 is 0. The second kappa shape index (κ2) is 5.68. The first-order valence-corrected chi connectivity index (χ1v) is 7.56. The lowest BCUT2D eigenvalue weighted by Crippen LogP contribution is -2.24. The summed E-state index contributed by atoms with van der Waals surface area (Å²) in [6.45, 7) is 5.07. The Labute approximate surface area is 126 Å². The van der Waals surface area contributed by atoms with Crippen LogP contribution < -0.4 is 15.4 Å². The Bertz CT molecular complexity index is 637. The highest BCUT2D eigenvalue weighted by Gasteiger charge is 2.18. The van der Waals surface area contributed by atoms with Crippen LogP contribution in [0.15, 0.2) is 42.5 Å². The third-order valence-corrected chi connectivity index (χ3v) is 3.71. The minimum Gasteiger partial charge on any atom is -0.491 e. The smallest absolute Gasteiger partial charge is 0.123 e. The SMILES string of the molecule is CC(C)Oc1cc(N)cc(N2CCCc3ccccc32)c1. The minimum atomic E-state index is 0.147. The number of nitrogens with zero attached hydrogens (tertiary/aromatic N) is 1. The lowest BCUT2D eigenvalue weighted by atomic mass is 10.0.